The summed E-state index contributed by atoms with van der Waals surface area (Å²) < 4.78 is 13.2. The molecule has 0 spiro atoms. The Kier molecular flexibility index (Phi) is 3.64. The van der Waals surface area contributed by atoms with Gasteiger partial charge in [-0.05, 0) is 37.1 Å². The topological polar surface area (TPSA) is 49.5 Å². The van der Waals surface area contributed by atoms with Crippen LogP contribution in [-0.2, 0) is 0 Å². The Labute approximate surface area is 101 Å². The Morgan fingerprint density at radius 3 is 2.94 bits per heavy atom. The molecule has 2 rings (SSSR count). The number of nitrogens with two attached hydrogens (primary N) is 1. The number of aliphatic hydroxyl groups is 1. The molecule has 3 N–H and O–H groups in total. The van der Waals surface area contributed by atoms with E-state index in [1.807, 2.05) is 6.92 Å². The maximum absolute atomic E-state index is 13.2. The van der Waals surface area contributed by atoms with Crippen LogP contribution in [0.3, 0.4) is 0 Å². The first-order chi connectivity index (χ1) is 8.11. The third-order valence-corrected chi connectivity index (χ3v) is 3.36. The van der Waals surface area contributed by atoms with E-state index in [-0.39, 0.29) is 18.5 Å². The van der Waals surface area contributed by atoms with Gasteiger partial charge in [-0.2, -0.15) is 0 Å². The van der Waals surface area contributed by atoms with Gasteiger partial charge in [-0.15, -0.1) is 0 Å². The molecule has 1 aliphatic rings. The van der Waals surface area contributed by atoms with Crippen molar-refractivity contribution in [3.63, 3.8) is 0 Å². The summed E-state index contributed by atoms with van der Waals surface area (Å²) in [6.45, 7) is 3.79. The van der Waals surface area contributed by atoms with E-state index < -0.39 is 0 Å². The summed E-state index contributed by atoms with van der Waals surface area (Å²) in [5.74, 6) is 0.0694. The van der Waals surface area contributed by atoms with Gasteiger partial charge >= 0.3 is 0 Å². The molecule has 0 saturated carbocycles. The van der Waals surface area contributed by atoms with Gasteiger partial charge in [0.1, 0.15) is 5.82 Å². The summed E-state index contributed by atoms with van der Waals surface area (Å²) in [6, 6.07) is 4.57. The second-order valence-corrected chi connectivity index (χ2v) is 4.78. The molecule has 1 aliphatic heterocycles. The van der Waals surface area contributed by atoms with Crippen molar-refractivity contribution >= 4 is 5.69 Å². The van der Waals surface area contributed by atoms with Crippen LogP contribution < -0.4 is 10.6 Å². The Hall–Kier alpha value is -1.13. The van der Waals surface area contributed by atoms with E-state index in [1.165, 1.54) is 12.1 Å². The van der Waals surface area contributed by atoms with Gasteiger partial charge in [0.15, 0.2) is 0 Å². The van der Waals surface area contributed by atoms with Crippen LogP contribution in [0.1, 0.15) is 24.9 Å². The third kappa shape index (κ3) is 2.58. The van der Waals surface area contributed by atoms with Gasteiger partial charge < -0.3 is 15.7 Å². The Bertz CT molecular complexity index is 395. The van der Waals surface area contributed by atoms with Crippen molar-refractivity contribution in [2.24, 2.45) is 11.7 Å². The highest BCUT2D eigenvalue weighted by atomic mass is 19.1. The van der Waals surface area contributed by atoms with Crippen LogP contribution >= 0.6 is 0 Å². The summed E-state index contributed by atoms with van der Waals surface area (Å²) in [5.41, 5.74) is 7.71. The minimum absolute atomic E-state index is 0.186. The van der Waals surface area contributed by atoms with Crippen molar-refractivity contribution in [1.29, 1.82) is 0 Å². The van der Waals surface area contributed by atoms with Gasteiger partial charge in [0.25, 0.3) is 0 Å². The molecule has 0 bridgehead atoms. The molecule has 1 fully saturated rings. The molecule has 1 aromatic carbocycles. The summed E-state index contributed by atoms with van der Waals surface area (Å²) in [6.07, 6.45) is 0.978. The van der Waals surface area contributed by atoms with Gasteiger partial charge in [-0.25, -0.2) is 4.39 Å². The highest BCUT2D eigenvalue weighted by Gasteiger charge is 2.24. The lowest BCUT2D eigenvalue weighted by Crippen LogP contribution is -2.23. The first kappa shape index (κ1) is 12.3. The molecule has 2 atom stereocenters. The van der Waals surface area contributed by atoms with E-state index in [1.54, 1.807) is 6.07 Å². The summed E-state index contributed by atoms with van der Waals surface area (Å²) in [4.78, 5) is 2.18. The quantitative estimate of drug-likeness (QED) is 0.842. The van der Waals surface area contributed by atoms with Crippen molar-refractivity contribution in [2.75, 3.05) is 24.6 Å². The van der Waals surface area contributed by atoms with Crippen molar-refractivity contribution in [3.05, 3.63) is 29.6 Å². The summed E-state index contributed by atoms with van der Waals surface area (Å²) >= 11 is 0. The Morgan fingerprint density at radius 2 is 2.35 bits per heavy atom. The normalized spacial score (nSPS) is 21.9. The van der Waals surface area contributed by atoms with Crippen LogP contribution in [0.25, 0.3) is 0 Å². The fourth-order valence-corrected chi connectivity index (χ4v) is 2.38. The fraction of sp³-hybridized carbons (Fsp3) is 0.538. The molecule has 0 aliphatic carbocycles. The largest absolute Gasteiger partial charge is 0.396 e. The monoisotopic (exact) mass is 238 g/mol. The van der Waals surface area contributed by atoms with E-state index in [0.717, 1.165) is 30.8 Å². The van der Waals surface area contributed by atoms with Crippen LogP contribution in [0.15, 0.2) is 18.2 Å². The van der Waals surface area contributed by atoms with E-state index in [9.17, 15) is 4.39 Å². The molecule has 0 amide bonds. The number of aliphatic hydroxyl groups excluding tert-OH is 1. The van der Waals surface area contributed by atoms with E-state index in [4.69, 9.17) is 10.8 Å². The van der Waals surface area contributed by atoms with Gasteiger partial charge in [0, 0.05) is 37.3 Å². The average Bonchev–Trinajstić information content (AvgIpc) is 2.77. The molecular formula is C13H19FN2O. The maximum Gasteiger partial charge on any atom is 0.123 e. The predicted molar refractivity (Wildman–Crippen MR) is 66.4 cm³/mol. The summed E-state index contributed by atoms with van der Waals surface area (Å²) in [7, 11) is 0. The van der Waals surface area contributed by atoms with E-state index >= 15 is 0 Å². The number of benzene rings is 1. The Balaban J connectivity index is 2.26. The van der Waals surface area contributed by atoms with Crippen molar-refractivity contribution in [2.45, 2.75) is 19.4 Å². The van der Waals surface area contributed by atoms with Gasteiger partial charge in [0.05, 0.1) is 0 Å². The van der Waals surface area contributed by atoms with Crippen LogP contribution in [0.2, 0.25) is 0 Å². The molecular weight excluding hydrogens is 219 g/mol. The van der Waals surface area contributed by atoms with Crippen LogP contribution in [0, 0.1) is 11.7 Å². The van der Waals surface area contributed by atoms with Crippen molar-refractivity contribution < 1.29 is 9.50 Å². The molecule has 4 heteroatoms. The Morgan fingerprint density at radius 1 is 1.59 bits per heavy atom. The summed E-state index contributed by atoms with van der Waals surface area (Å²) in [5, 5.41) is 9.14. The zero-order valence-electron chi connectivity index (χ0n) is 10.1. The van der Waals surface area contributed by atoms with E-state index in [2.05, 4.69) is 4.90 Å². The third-order valence-electron chi connectivity index (χ3n) is 3.36. The zero-order valence-corrected chi connectivity index (χ0v) is 10.1. The highest BCUT2D eigenvalue weighted by Crippen LogP contribution is 2.30. The van der Waals surface area contributed by atoms with Crippen LogP contribution in [-0.4, -0.2) is 24.8 Å². The standard InChI is InChI=1S/C13H19FN2O/c1-9(15)12-6-11(14)2-3-13(12)16-5-4-10(7-16)8-17/h2-3,6,9-10,17H,4-5,7-8,15H2,1H3. The molecule has 0 aromatic heterocycles. The molecule has 1 aromatic rings. The lowest BCUT2D eigenvalue weighted by molar-refractivity contribution is 0.238. The van der Waals surface area contributed by atoms with E-state index in [0.29, 0.717) is 5.92 Å². The molecule has 1 heterocycles. The van der Waals surface area contributed by atoms with Gasteiger partial charge in [0.2, 0.25) is 0 Å². The SMILES string of the molecule is CC(N)c1cc(F)ccc1N1CCC(CO)C1. The number of rotatable bonds is 3. The average molecular weight is 238 g/mol. The lowest BCUT2D eigenvalue weighted by Gasteiger charge is -2.23. The number of hydrogen-bond acceptors (Lipinski definition) is 3. The molecule has 17 heavy (non-hydrogen) atoms. The van der Waals surface area contributed by atoms with Crippen molar-refractivity contribution in [3.8, 4) is 0 Å². The first-order valence-corrected chi connectivity index (χ1v) is 6.02. The molecule has 1 saturated heterocycles. The maximum atomic E-state index is 13.2. The first-order valence-electron chi connectivity index (χ1n) is 6.02. The van der Waals surface area contributed by atoms with Gasteiger partial charge in [-0.1, -0.05) is 0 Å². The minimum Gasteiger partial charge on any atom is -0.396 e. The second kappa shape index (κ2) is 5.02. The fourth-order valence-electron chi connectivity index (χ4n) is 2.38. The van der Waals surface area contributed by atoms with Crippen LogP contribution in [0.4, 0.5) is 10.1 Å². The van der Waals surface area contributed by atoms with Crippen LogP contribution in [0.5, 0.6) is 0 Å². The number of hydrogen-bond donors (Lipinski definition) is 2. The number of nitrogens with zero attached hydrogens (tertiary/aromatic N) is 1. The predicted octanol–water partition coefficient (Wildman–Crippen LogP) is 1.66. The second-order valence-electron chi connectivity index (χ2n) is 4.78. The van der Waals surface area contributed by atoms with Crippen molar-refractivity contribution in [1.82, 2.24) is 0 Å². The molecule has 3 nitrogen and oxygen atoms in total. The number of halogens is 1. The minimum atomic E-state index is -0.251. The molecule has 94 valence electrons. The highest BCUT2D eigenvalue weighted by molar-refractivity contribution is 5.55. The van der Waals surface area contributed by atoms with Gasteiger partial charge in [-0.3, -0.25) is 0 Å². The smallest absolute Gasteiger partial charge is 0.123 e. The number of anilines is 1. The lowest BCUT2D eigenvalue weighted by atomic mass is 10.1. The molecule has 2 unspecified atom stereocenters. The molecule has 0 radical (unpaired) electrons. The zero-order chi connectivity index (χ0) is 12.4.